The number of rotatable bonds is 2. The third-order valence-corrected chi connectivity index (χ3v) is 2.96. The zero-order valence-electron chi connectivity index (χ0n) is 9.55. The Morgan fingerprint density at radius 3 is 2.94 bits per heavy atom. The van der Waals surface area contributed by atoms with Crippen LogP contribution in [0.2, 0.25) is 5.02 Å². The van der Waals surface area contributed by atoms with Crippen LogP contribution in [0.25, 0.3) is 16.9 Å². The minimum absolute atomic E-state index is 0.425. The monoisotopic (exact) mass is 258 g/mol. The second kappa shape index (κ2) is 4.40. The maximum Gasteiger partial charge on any atom is 0.140 e. The summed E-state index contributed by atoms with van der Waals surface area (Å²) < 4.78 is 1.86. The van der Waals surface area contributed by atoms with E-state index in [1.807, 2.05) is 40.9 Å². The predicted octanol–water partition coefficient (Wildman–Crippen LogP) is 2.51. The molecular formula is C13H11ClN4. The molecule has 0 aliphatic heterocycles. The Bertz CT molecular complexity index is 705. The van der Waals surface area contributed by atoms with Crippen LogP contribution in [0, 0.1) is 0 Å². The van der Waals surface area contributed by atoms with Crippen molar-refractivity contribution in [2.24, 2.45) is 5.73 Å². The zero-order chi connectivity index (χ0) is 12.5. The Balaban J connectivity index is 2.12. The Kier molecular flexibility index (Phi) is 2.74. The van der Waals surface area contributed by atoms with Crippen LogP contribution in [-0.4, -0.2) is 14.4 Å². The fourth-order valence-corrected chi connectivity index (χ4v) is 2.04. The second-order valence-corrected chi connectivity index (χ2v) is 4.42. The van der Waals surface area contributed by atoms with E-state index in [1.54, 1.807) is 6.33 Å². The number of fused-ring (bicyclic) bond motifs is 1. The fraction of sp³-hybridized carbons (Fsp3) is 0.0769. The molecular weight excluding hydrogens is 248 g/mol. The summed E-state index contributed by atoms with van der Waals surface area (Å²) in [7, 11) is 0. The summed E-state index contributed by atoms with van der Waals surface area (Å²) in [4.78, 5) is 8.79. The summed E-state index contributed by atoms with van der Waals surface area (Å²) in [5.74, 6) is 0. The number of aromatic nitrogens is 3. The lowest BCUT2D eigenvalue weighted by Gasteiger charge is -2.01. The number of nitrogens with zero attached hydrogens (tertiary/aromatic N) is 3. The summed E-state index contributed by atoms with van der Waals surface area (Å²) >= 11 is 5.97. The van der Waals surface area contributed by atoms with Crippen molar-refractivity contribution >= 4 is 17.2 Å². The van der Waals surface area contributed by atoms with Gasteiger partial charge in [0.2, 0.25) is 0 Å². The molecule has 1 aromatic carbocycles. The van der Waals surface area contributed by atoms with E-state index < -0.39 is 0 Å². The highest BCUT2D eigenvalue weighted by Gasteiger charge is 2.04. The highest BCUT2D eigenvalue weighted by Crippen LogP contribution is 2.21. The number of imidazole rings is 1. The summed E-state index contributed by atoms with van der Waals surface area (Å²) in [5, 5.41) is 0.695. The molecule has 3 aromatic rings. The molecule has 0 atom stereocenters. The third-order valence-electron chi connectivity index (χ3n) is 2.73. The van der Waals surface area contributed by atoms with Crippen molar-refractivity contribution in [1.82, 2.24) is 14.4 Å². The summed E-state index contributed by atoms with van der Waals surface area (Å²) in [6.07, 6.45) is 3.61. The van der Waals surface area contributed by atoms with Gasteiger partial charge in [0.05, 0.1) is 11.4 Å². The van der Waals surface area contributed by atoms with Crippen LogP contribution in [0.3, 0.4) is 0 Å². The first-order valence-electron chi connectivity index (χ1n) is 5.56. The Morgan fingerprint density at radius 1 is 1.28 bits per heavy atom. The first-order valence-corrected chi connectivity index (χ1v) is 5.94. The Morgan fingerprint density at radius 2 is 2.17 bits per heavy atom. The van der Waals surface area contributed by atoms with Gasteiger partial charge in [0, 0.05) is 29.4 Å². The average molecular weight is 259 g/mol. The van der Waals surface area contributed by atoms with E-state index in [-0.39, 0.29) is 0 Å². The fourth-order valence-electron chi connectivity index (χ4n) is 1.85. The molecule has 0 saturated carbocycles. The molecule has 0 fully saturated rings. The van der Waals surface area contributed by atoms with Crippen LogP contribution in [0.5, 0.6) is 0 Å². The number of benzene rings is 1. The predicted molar refractivity (Wildman–Crippen MR) is 71.3 cm³/mol. The number of halogens is 1. The topological polar surface area (TPSA) is 56.2 Å². The smallest absolute Gasteiger partial charge is 0.140 e. The lowest BCUT2D eigenvalue weighted by Crippen LogP contribution is -1.95. The van der Waals surface area contributed by atoms with E-state index in [4.69, 9.17) is 17.3 Å². The van der Waals surface area contributed by atoms with Gasteiger partial charge in [0.25, 0.3) is 0 Å². The Hall–Kier alpha value is -1.91. The number of hydrogen-bond acceptors (Lipinski definition) is 3. The van der Waals surface area contributed by atoms with Gasteiger partial charge in [-0.1, -0.05) is 23.7 Å². The van der Waals surface area contributed by atoms with Crippen molar-refractivity contribution in [3.8, 4) is 11.3 Å². The minimum atomic E-state index is 0.425. The van der Waals surface area contributed by atoms with Gasteiger partial charge < -0.3 is 5.73 Å². The molecule has 0 spiro atoms. The van der Waals surface area contributed by atoms with Gasteiger partial charge >= 0.3 is 0 Å². The van der Waals surface area contributed by atoms with Crippen LogP contribution in [-0.2, 0) is 6.54 Å². The standard InChI is InChI=1S/C13H11ClN4/c14-10-3-1-2-9(4-10)12-5-13-17-11(6-15)7-18(13)8-16-12/h1-5,7-8H,6,15H2. The van der Waals surface area contributed by atoms with E-state index in [9.17, 15) is 0 Å². The third kappa shape index (κ3) is 1.96. The van der Waals surface area contributed by atoms with Gasteiger partial charge in [0.1, 0.15) is 12.0 Å². The molecule has 3 rings (SSSR count). The second-order valence-electron chi connectivity index (χ2n) is 3.99. The van der Waals surface area contributed by atoms with Gasteiger partial charge in [-0.3, -0.25) is 4.40 Å². The molecule has 0 aliphatic carbocycles. The summed E-state index contributed by atoms with van der Waals surface area (Å²) in [6.45, 7) is 0.425. The lowest BCUT2D eigenvalue weighted by atomic mass is 10.1. The van der Waals surface area contributed by atoms with E-state index in [1.165, 1.54) is 0 Å². The summed E-state index contributed by atoms with van der Waals surface area (Å²) in [5.41, 5.74) is 9.07. The number of hydrogen-bond donors (Lipinski definition) is 1. The maximum absolute atomic E-state index is 5.97. The SMILES string of the molecule is NCc1cn2cnc(-c3cccc(Cl)c3)cc2n1. The van der Waals surface area contributed by atoms with Crippen molar-refractivity contribution in [3.63, 3.8) is 0 Å². The van der Waals surface area contributed by atoms with Crippen molar-refractivity contribution in [2.45, 2.75) is 6.54 Å². The van der Waals surface area contributed by atoms with Gasteiger partial charge in [-0.05, 0) is 12.1 Å². The van der Waals surface area contributed by atoms with Crippen LogP contribution in [0.4, 0.5) is 0 Å². The van der Waals surface area contributed by atoms with Gasteiger partial charge in [0.15, 0.2) is 0 Å². The molecule has 5 heteroatoms. The zero-order valence-corrected chi connectivity index (χ0v) is 10.3. The van der Waals surface area contributed by atoms with E-state index in [0.717, 1.165) is 22.6 Å². The highest BCUT2D eigenvalue weighted by atomic mass is 35.5. The molecule has 4 nitrogen and oxygen atoms in total. The lowest BCUT2D eigenvalue weighted by molar-refractivity contribution is 1.01. The number of nitrogens with two attached hydrogens (primary N) is 1. The van der Waals surface area contributed by atoms with Crippen molar-refractivity contribution < 1.29 is 0 Å². The first-order chi connectivity index (χ1) is 8.76. The van der Waals surface area contributed by atoms with Crippen LogP contribution < -0.4 is 5.73 Å². The minimum Gasteiger partial charge on any atom is -0.325 e. The molecule has 0 radical (unpaired) electrons. The molecule has 2 N–H and O–H groups in total. The largest absolute Gasteiger partial charge is 0.325 e. The molecule has 0 bridgehead atoms. The van der Waals surface area contributed by atoms with E-state index in [2.05, 4.69) is 9.97 Å². The molecule has 2 heterocycles. The quantitative estimate of drug-likeness (QED) is 0.768. The van der Waals surface area contributed by atoms with Gasteiger partial charge in [-0.15, -0.1) is 0 Å². The van der Waals surface area contributed by atoms with Crippen molar-refractivity contribution in [2.75, 3.05) is 0 Å². The molecule has 18 heavy (non-hydrogen) atoms. The first kappa shape index (κ1) is 11.2. The average Bonchev–Trinajstić information content (AvgIpc) is 2.80. The molecule has 0 aliphatic rings. The molecule has 0 unspecified atom stereocenters. The van der Waals surface area contributed by atoms with E-state index in [0.29, 0.717) is 11.6 Å². The van der Waals surface area contributed by atoms with Crippen LogP contribution >= 0.6 is 11.6 Å². The van der Waals surface area contributed by atoms with Crippen molar-refractivity contribution in [3.05, 3.63) is 53.6 Å². The summed E-state index contributed by atoms with van der Waals surface area (Å²) in [6, 6.07) is 9.52. The van der Waals surface area contributed by atoms with Gasteiger partial charge in [-0.2, -0.15) is 0 Å². The highest BCUT2D eigenvalue weighted by molar-refractivity contribution is 6.30. The van der Waals surface area contributed by atoms with E-state index >= 15 is 0 Å². The van der Waals surface area contributed by atoms with Gasteiger partial charge in [-0.25, -0.2) is 9.97 Å². The molecule has 0 saturated heterocycles. The molecule has 0 amide bonds. The maximum atomic E-state index is 5.97. The normalized spacial score (nSPS) is 11.0. The van der Waals surface area contributed by atoms with Crippen LogP contribution in [0.1, 0.15) is 5.69 Å². The Labute approximate surface area is 109 Å². The van der Waals surface area contributed by atoms with Crippen LogP contribution in [0.15, 0.2) is 42.9 Å². The van der Waals surface area contributed by atoms with Crippen molar-refractivity contribution in [1.29, 1.82) is 0 Å². The molecule has 2 aromatic heterocycles. The molecule has 90 valence electrons.